The van der Waals surface area contributed by atoms with Gasteiger partial charge in [-0.1, -0.05) is 29.8 Å². The molecule has 0 bridgehead atoms. The molecule has 0 radical (unpaired) electrons. The number of rotatable bonds is 4. The number of Topliss-reactive ketones (excluding diaryl/α,β-unsaturated/α-hetero) is 1. The molecule has 2 aromatic rings. The molecule has 0 aromatic heterocycles. The van der Waals surface area contributed by atoms with E-state index < -0.39 is 0 Å². The van der Waals surface area contributed by atoms with Crippen molar-refractivity contribution in [3.8, 4) is 5.75 Å². The molecule has 0 fully saturated rings. The van der Waals surface area contributed by atoms with E-state index in [1.807, 2.05) is 51.1 Å². The molecule has 0 N–H and O–H groups in total. The molecule has 0 heterocycles. The van der Waals surface area contributed by atoms with Crippen molar-refractivity contribution in [1.29, 1.82) is 0 Å². The van der Waals surface area contributed by atoms with E-state index in [1.54, 1.807) is 0 Å². The smallest absolute Gasteiger partial charge is 0.200 e. The van der Waals surface area contributed by atoms with Gasteiger partial charge in [0.25, 0.3) is 0 Å². The summed E-state index contributed by atoms with van der Waals surface area (Å²) < 4.78 is 5.70. The molecule has 2 aromatic carbocycles. The van der Waals surface area contributed by atoms with Crippen LogP contribution in [0.1, 0.15) is 32.6 Å². The molecule has 0 spiro atoms. The molecule has 0 atom stereocenters. The molecule has 2 nitrogen and oxygen atoms in total. The number of benzene rings is 2. The predicted molar refractivity (Wildman–Crippen MR) is 81.7 cm³/mol. The summed E-state index contributed by atoms with van der Waals surface area (Å²) >= 11 is 0. The van der Waals surface area contributed by atoms with Gasteiger partial charge in [0.1, 0.15) is 5.75 Å². The van der Waals surface area contributed by atoms with Gasteiger partial charge in [-0.2, -0.15) is 0 Å². The molecule has 0 unspecified atom stereocenters. The van der Waals surface area contributed by atoms with Gasteiger partial charge < -0.3 is 4.74 Å². The zero-order valence-corrected chi connectivity index (χ0v) is 12.5. The molecule has 0 saturated carbocycles. The van der Waals surface area contributed by atoms with Gasteiger partial charge in [0, 0.05) is 5.56 Å². The van der Waals surface area contributed by atoms with Gasteiger partial charge in [-0.15, -0.1) is 0 Å². The first-order chi connectivity index (χ1) is 9.47. The zero-order valence-electron chi connectivity index (χ0n) is 12.5. The van der Waals surface area contributed by atoms with Gasteiger partial charge in [0.15, 0.2) is 12.4 Å². The molecule has 0 aliphatic carbocycles. The van der Waals surface area contributed by atoms with Crippen molar-refractivity contribution in [2.75, 3.05) is 6.61 Å². The minimum atomic E-state index is 0.00672. The number of hydrogen-bond acceptors (Lipinski definition) is 2. The highest BCUT2D eigenvalue weighted by Gasteiger charge is 2.09. The van der Waals surface area contributed by atoms with Gasteiger partial charge >= 0.3 is 0 Å². The van der Waals surface area contributed by atoms with Crippen molar-refractivity contribution in [3.05, 3.63) is 64.2 Å². The van der Waals surface area contributed by atoms with Crippen molar-refractivity contribution in [2.24, 2.45) is 0 Å². The third kappa shape index (κ3) is 3.27. The summed E-state index contributed by atoms with van der Waals surface area (Å²) in [5.74, 6) is 0.802. The molecule has 104 valence electrons. The number of carbonyl (C=O) groups is 1. The van der Waals surface area contributed by atoms with E-state index in [9.17, 15) is 4.79 Å². The number of hydrogen-bond donors (Lipinski definition) is 0. The fourth-order valence-corrected chi connectivity index (χ4v) is 2.20. The summed E-state index contributed by atoms with van der Waals surface area (Å²) in [5, 5.41) is 0. The second-order valence-electron chi connectivity index (χ2n) is 5.29. The fourth-order valence-electron chi connectivity index (χ4n) is 2.20. The first-order valence-electron chi connectivity index (χ1n) is 6.78. The number of ether oxygens (including phenoxy) is 1. The predicted octanol–water partition coefficient (Wildman–Crippen LogP) is 4.18. The number of aryl methyl sites for hydroxylation is 3. The average Bonchev–Trinajstić information content (AvgIpc) is 2.40. The molecule has 20 heavy (non-hydrogen) atoms. The minimum Gasteiger partial charge on any atom is -0.485 e. The van der Waals surface area contributed by atoms with Crippen molar-refractivity contribution in [3.63, 3.8) is 0 Å². The summed E-state index contributed by atoms with van der Waals surface area (Å²) in [6, 6.07) is 11.7. The van der Waals surface area contributed by atoms with Gasteiger partial charge in [0.05, 0.1) is 0 Å². The van der Waals surface area contributed by atoms with E-state index in [1.165, 1.54) is 5.56 Å². The van der Waals surface area contributed by atoms with Crippen LogP contribution in [0, 0.1) is 27.7 Å². The van der Waals surface area contributed by atoms with Crippen LogP contribution in [0.3, 0.4) is 0 Å². The first-order valence-corrected chi connectivity index (χ1v) is 6.78. The summed E-state index contributed by atoms with van der Waals surface area (Å²) in [5.41, 5.74) is 5.20. The molecule has 0 amide bonds. The van der Waals surface area contributed by atoms with Crippen LogP contribution in [0.4, 0.5) is 0 Å². The van der Waals surface area contributed by atoms with Gasteiger partial charge in [-0.25, -0.2) is 0 Å². The zero-order chi connectivity index (χ0) is 14.7. The largest absolute Gasteiger partial charge is 0.485 e. The van der Waals surface area contributed by atoms with Crippen molar-refractivity contribution in [1.82, 2.24) is 0 Å². The van der Waals surface area contributed by atoms with Crippen LogP contribution in [-0.2, 0) is 0 Å². The molecule has 2 rings (SSSR count). The third-order valence-corrected chi connectivity index (χ3v) is 3.46. The van der Waals surface area contributed by atoms with Crippen LogP contribution in [0.15, 0.2) is 36.4 Å². The molecular formula is C18H20O2. The number of carbonyl (C=O) groups excluding carboxylic acids is 1. The Balaban J connectivity index is 2.11. The summed E-state index contributed by atoms with van der Waals surface area (Å²) in [6.45, 7) is 8.15. The minimum absolute atomic E-state index is 0.00672. The topological polar surface area (TPSA) is 26.3 Å². The lowest BCUT2D eigenvalue weighted by Crippen LogP contribution is -2.12. The fraction of sp³-hybridized carbons (Fsp3) is 0.278. The van der Waals surface area contributed by atoms with Gasteiger partial charge in [0.2, 0.25) is 0 Å². The van der Waals surface area contributed by atoms with E-state index >= 15 is 0 Å². The van der Waals surface area contributed by atoms with Crippen LogP contribution in [0.5, 0.6) is 5.75 Å². The lowest BCUT2D eigenvalue weighted by molar-refractivity contribution is 0.0921. The molecule has 0 aliphatic heterocycles. The lowest BCUT2D eigenvalue weighted by Gasteiger charge is -2.12. The van der Waals surface area contributed by atoms with Crippen LogP contribution < -0.4 is 4.74 Å². The van der Waals surface area contributed by atoms with E-state index in [4.69, 9.17) is 4.74 Å². The van der Waals surface area contributed by atoms with Crippen LogP contribution in [0.2, 0.25) is 0 Å². The SMILES string of the molecule is Cc1cccc(C(=O)COc2cc(C)cc(C)c2C)c1. The van der Waals surface area contributed by atoms with Crippen molar-refractivity contribution >= 4 is 5.78 Å². The molecule has 2 heteroatoms. The first kappa shape index (κ1) is 14.3. The monoisotopic (exact) mass is 268 g/mol. The molecule has 0 aliphatic rings. The van der Waals surface area contributed by atoms with E-state index in [0.717, 1.165) is 22.4 Å². The Kier molecular flexibility index (Phi) is 4.23. The second-order valence-corrected chi connectivity index (χ2v) is 5.29. The highest BCUT2D eigenvalue weighted by atomic mass is 16.5. The Bertz CT molecular complexity index is 642. The van der Waals surface area contributed by atoms with Gasteiger partial charge in [-0.3, -0.25) is 4.79 Å². The maximum absolute atomic E-state index is 12.1. The summed E-state index contributed by atoms with van der Waals surface area (Å²) in [6.07, 6.45) is 0. The highest BCUT2D eigenvalue weighted by Crippen LogP contribution is 2.23. The Morgan fingerprint density at radius 1 is 1.00 bits per heavy atom. The summed E-state index contributed by atoms with van der Waals surface area (Å²) in [7, 11) is 0. The van der Waals surface area contributed by atoms with Gasteiger partial charge in [-0.05, 0) is 56.5 Å². The van der Waals surface area contributed by atoms with E-state index in [-0.39, 0.29) is 12.4 Å². The Morgan fingerprint density at radius 2 is 1.75 bits per heavy atom. The Hall–Kier alpha value is -2.09. The normalized spacial score (nSPS) is 10.4. The van der Waals surface area contributed by atoms with E-state index in [2.05, 4.69) is 13.0 Å². The average molecular weight is 268 g/mol. The van der Waals surface area contributed by atoms with Crippen LogP contribution in [-0.4, -0.2) is 12.4 Å². The van der Waals surface area contributed by atoms with E-state index in [0.29, 0.717) is 5.56 Å². The van der Waals surface area contributed by atoms with Crippen LogP contribution >= 0.6 is 0 Å². The Labute approximate surface area is 120 Å². The Morgan fingerprint density at radius 3 is 2.45 bits per heavy atom. The third-order valence-electron chi connectivity index (χ3n) is 3.46. The molecule has 0 saturated heterocycles. The lowest BCUT2D eigenvalue weighted by atomic mass is 10.1. The van der Waals surface area contributed by atoms with Crippen molar-refractivity contribution in [2.45, 2.75) is 27.7 Å². The summed E-state index contributed by atoms with van der Waals surface area (Å²) in [4.78, 5) is 12.1. The molecular weight excluding hydrogens is 248 g/mol. The highest BCUT2D eigenvalue weighted by molar-refractivity contribution is 5.97. The van der Waals surface area contributed by atoms with Crippen LogP contribution in [0.25, 0.3) is 0 Å². The maximum Gasteiger partial charge on any atom is 0.200 e. The number of ketones is 1. The quantitative estimate of drug-likeness (QED) is 0.777. The maximum atomic E-state index is 12.1. The standard InChI is InChI=1S/C18H20O2/c1-12-6-5-7-16(9-12)17(19)11-20-18-10-13(2)8-14(3)15(18)4/h5-10H,11H2,1-4H3. The second kappa shape index (κ2) is 5.91. The van der Waals surface area contributed by atoms with Crippen molar-refractivity contribution < 1.29 is 9.53 Å².